The molecule has 0 spiro atoms. The van der Waals surface area contributed by atoms with Gasteiger partial charge in [0.25, 0.3) is 0 Å². The monoisotopic (exact) mass is 279 g/mol. The van der Waals surface area contributed by atoms with Gasteiger partial charge in [0.05, 0.1) is 0 Å². The molecule has 2 atom stereocenters. The lowest BCUT2D eigenvalue weighted by molar-refractivity contribution is 0.285. The van der Waals surface area contributed by atoms with Crippen LogP contribution in [0.3, 0.4) is 0 Å². The minimum absolute atomic E-state index is 0. The van der Waals surface area contributed by atoms with Gasteiger partial charge in [-0.2, -0.15) is 0 Å². The zero-order chi connectivity index (χ0) is 12.8. The predicted octanol–water partition coefficient (Wildman–Crippen LogP) is 2.68. The van der Waals surface area contributed by atoms with E-state index in [4.69, 9.17) is 10.8 Å². The Balaban J connectivity index is 0.00000180. The highest BCUT2D eigenvalue weighted by atomic mass is 35.5. The third kappa shape index (κ3) is 4.87. The molecule has 0 aliphatic heterocycles. The predicted molar refractivity (Wildman–Crippen MR) is 81.4 cm³/mol. The largest absolute Gasteiger partial charge is 0.396 e. The topological polar surface area (TPSA) is 46.2 Å². The normalized spacial score (nSPS) is 20.1. The van der Waals surface area contributed by atoms with Gasteiger partial charge in [0.2, 0.25) is 0 Å². The molecule has 3 heteroatoms. The summed E-state index contributed by atoms with van der Waals surface area (Å²) in [5.74, 6) is 7.68. The summed E-state index contributed by atoms with van der Waals surface area (Å²) < 4.78 is 0. The standard InChI is InChI=1S/C16H21NO.ClH/c17-12-15-11-16(15)14-8-6-13(7-9-14)5-3-1-2-4-10-18;/h6-9,15-16,18H,1-2,4,10-12,17H2;1H/t15-,16-;/m1./s1. The molecule has 1 saturated carbocycles. The van der Waals surface area contributed by atoms with E-state index in [9.17, 15) is 0 Å². The summed E-state index contributed by atoms with van der Waals surface area (Å²) in [6, 6.07) is 8.55. The molecule has 1 aliphatic rings. The fraction of sp³-hybridized carbons (Fsp3) is 0.500. The summed E-state index contributed by atoms with van der Waals surface area (Å²) in [5.41, 5.74) is 8.13. The van der Waals surface area contributed by atoms with Crippen LogP contribution >= 0.6 is 12.4 Å². The van der Waals surface area contributed by atoms with Crippen LogP contribution in [0.2, 0.25) is 0 Å². The lowest BCUT2D eigenvalue weighted by Gasteiger charge is -1.99. The highest BCUT2D eigenvalue weighted by Crippen LogP contribution is 2.46. The van der Waals surface area contributed by atoms with Crippen molar-refractivity contribution in [2.24, 2.45) is 11.7 Å². The van der Waals surface area contributed by atoms with Crippen molar-refractivity contribution >= 4 is 12.4 Å². The van der Waals surface area contributed by atoms with E-state index in [0.29, 0.717) is 11.8 Å². The van der Waals surface area contributed by atoms with Crippen LogP contribution in [0.5, 0.6) is 0 Å². The zero-order valence-corrected chi connectivity index (χ0v) is 12.0. The molecule has 2 rings (SSSR count). The number of hydrogen-bond donors (Lipinski definition) is 2. The molecule has 1 aliphatic carbocycles. The molecule has 0 aromatic heterocycles. The Morgan fingerprint density at radius 3 is 2.53 bits per heavy atom. The van der Waals surface area contributed by atoms with Gasteiger partial charge < -0.3 is 10.8 Å². The first-order valence-corrected chi connectivity index (χ1v) is 6.75. The smallest absolute Gasteiger partial charge is 0.0431 e. The lowest BCUT2D eigenvalue weighted by Crippen LogP contribution is -2.01. The Morgan fingerprint density at radius 1 is 1.21 bits per heavy atom. The molecule has 0 bridgehead atoms. The van der Waals surface area contributed by atoms with Crippen LogP contribution in [0.25, 0.3) is 0 Å². The molecular weight excluding hydrogens is 258 g/mol. The van der Waals surface area contributed by atoms with Gasteiger partial charge in [-0.25, -0.2) is 0 Å². The van der Waals surface area contributed by atoms with Crippen molar-refractivity contribution in [1.82, 2.24) is 0 Å². The summed E-state index contributed by atoms with van der Waals surface area (Å²) in [4.78, 5) is 0. The van der Waals surface area contributed by atoms with Gasteiger partial charge in [0.1, 0.15) is 0 Å². The van der Waals surface area contributed by atoms with E-state index in [-0.39, 0.29) is 19.0 Å². The average Bonchev–Trinajstić information content (AvgIpc) is 3.19. The second kappa shape index (κ2) is 8.22. The van der Waals surface area contributed by atoms with E-state index in [1.54, 1.807) is 0 Å². The van der Waals surface area contributed by atoms with Gasteiger partial charge in [-0.15, -0.1) is 12.4 Å². The first-order chi connectivity index (χ1) is 8.85. The third-order valence-electron chi connectivity index (χ3n) is 3.51. The number of unbranched alkanes of at least 4 members (excludes halogenated alkanes) is 2. The Hall–Kier alpha value is -1.01. The van der Waals surface area contributed by atoms with E-state index in [1.807, 2.05) is 0 Å². The van der Waals surface area contributed by atoms with Crippen molar-refractivity contribution < 1.29 is 5.11 Å². The molecular formula is C16H22ClNO. The molecule has 104 valence electrons. The van der Waals surface area contributed by atoms with E-state index in [0.717, 1.165) is 31.4 Å². The maximum absolute atomic E-state index is 8.66. The molecule has 0 amide bonds. The third-order valence-corrected chi connectivity index (χ3v) is 3.51. The van der Waals surface area contributed by atoms with Gasteiger partial charge in [-0.1, -0.05) is 24.0 Å². The summed E-state index contributed by atoms with van der Waals surface area (Å²) >= 11 is 0. The number of benzene rings is 1. The van der Waals surface area contributed by atoms with Crippen LogP contribution in [-0.4, -0.2) is 18.3 Å². The molecule has 3 N–H and O–H groups in total. The quantitative estimate of drug-likeness (QED) is 0.643. The van der Waals surface area contributed by atoms with Crippen molar-refractivity contribution in [3.63, 3.8) is 0 Å². The van der Waals surface area contributed by atoms with E-state index in [1.165, 1.54) is 12.0 Å². The number of rotatable bonds is 5. The lowest BCUT2D eigenvalue weighted by atomic mass is 10.1. The number of hydrogen-bond acceptors (Lipinski definition) is 2. The Kier molecular flexibility index (Phi) is 6.94. The van der Waals surface area contributed by atoms with Crippen molar-refractivity contribution in [2.45, 2.75) is 31.6 Å². The molecule has 0 saturated heterocycles. The van der Waals surface area contributed by atoms with Crippen LogP contribution in [0.1, 0.15) is 42.7 Å². The van der Waals surface area contributed by atoms with Gasteiger partial charge in [-0.3, -0.25) is 0 Å². The minimum atomic E-state index is 0. The molecule has 0 heterocycles. The van der Waals surface area contributed by atoms with E-state index in [2.05, 4.69) is 36.1 Å². The molecule has 19 heavy (non-hydrogen) atoms. The molecule has 1 fully saturated rings. The number of halogens is 1. The van der Waals surface area contributed by atoms with Gasteiger partial charge in [0.15, 0.2) is 0 Å². The van der Waals surface area contributed by atoms with Crippen molar-refractivity contribution in [2.75, 3.05) is 13.2 Å². The average molecular weight is 280 g/mol. The van der Waals surface area contributed by atoms with Gasteiger partial charge >= 0.3 is 0 Å². The maximum Gasteiger partial charge on any atom is 0.0431 e. The zero-order valence-electron chi connectivity index (χ0n) is 11.1. The number of nitrogens with two attached hydrogens (primary N) is 1. The summed E-state index contributed by atoms with van der Waals surface area (Å²) in [6.07, 6.45) is 3.92. The highest BCUT2D eigenvalue weighted by molar-refractivity contribution is 5.85. The highest BCUT2D eigenvalue weighted by Gasteiger charge is 2.36. The van der Waals surface area contributed by atoms with Gasteiger partial charge in [-0.05, 0) is 55.3 Å². The molecule has 0 unspecified atom stereocenters. The molecule has 0 radical (unpaired) electrons. The summed E-state index contributed by atoms with van der Waals surface area (Å²) in [6.45, 7) is 1.07. The summed E-state index contributed by atoms with van der Waals surface area (Å²) in [5, 5.41) is 8.66. The molecule has 1 aromatic carbocycles. The first-order valence-electron chi connectivity index (χ1n) is 6.75. The van der Waals surface area contributed by atoms with Crippen LogP contribution in [-0.2, 0) is 0 Å². The van der Waals surface area contributed by atoms with Crippen LogP contribution in [0.4, 0.5) is 0 Å². The first kappa shape index (κ1) is 16.0. The van der Waals surface area contributed by atoms with Crippen molar-refractivity contribution in [3.05, 3.63) is 35.4 Å². The van der Waals surface area contributed by atoms with Crippen molar-refractivity contribution in [3.8, 4) is 11.8 Å². The SMILES string of the molecule is Cl.NC[C@H]1C[C@@H]1c1ccc(C#CCCCCO)cc1. The fourth-order valence-corrected chi connectivity index (χ4v) is 2.22. The minimum Gasteiger partial charge on any atom is -0.396 e. The van der Waals surface area contributed by atoms with Crippen LogP contribution in [0.15, 0.2) is 24.3 Å². The van der Waals surface area contributed by atoms with Crippen LogP contribution in [0, 0.1) is 17.8 Å². The van der Waals surface area contributed by atoms with E-state index < -0.39 is 0 Å². The second-order valence-corrected chi connectivity index (χ2v) is 4.94. The second-order valence-electron chi connectivity index (χ2n) is 4.94. The molecule has 2 nitrogen and oxygen atoms in total. The molecule has 1 aromatic rings. The summed E-state index contributed by atoms with van der Waals surface area (Å²) in [7, 11) is 0. The number of aliphatic hydroxyl groups excluding tert-OH is 1. The Morgan fingerprint density at radius 2 is 1.95 bits per heavy atom. The Labute approximate surface area is 121 Å². The van der Waals surface area contributed by atoms with Crippen LogP contribution < -0.4 is 5.73 Å². The maximum atomic E-state index is 8.66. The van der Waals surface area contributed by atoms with Gasteiger partial charge in [0, 0.05) is 18.6 Å². The fourth-order valence-electron chi connectivity index (χ4n) is 2.22. The number of aliphatic hydroxyl groups is 1. The van der Waals surface area contributed by atoms with Crippen molar-refractivity contribution in [1.29, 1.82) is 0 Å². The van der Waals surface area contributed by atoms with E-state index >= 15 is 0 Å². The Bertz CT molecular complexity index is 432.